The lowest BCUT2D eigenvalue weighted by atomic mass is 10.1. The van der Waals surface area contributed by atoms with E-state index < -0.39 is 12.0 Å². The number of hydrogen-bond donors (Lipinski definition) is 4. The summed E-state index contributed by atoms with van der Waals surface area (Å²) in [6.07, 6.45) is 4.77. The van der Waals surface area contributed by atoms with E-state index in [-0.39, 0.29) is 0 Å². The molecule has 37 heavy (non-hydrogen) atoms. The minimum absolute atomic E-state index is 0.351. The molecule has 0 saturated heterocycles. The molecule has 4 heterocycles. The number of carboxylic acid groups (broad SMARTS) is 1. The van der Waals surface area contributed by atoms with Gasteiger partial charge in [-0.05, 0) is 48.4 Å². The van der Waals surface area contributed by atoms with Gasteiger partial charge in [-0.25, -0.2) is 19.7 Å². The molecule has 0 saturated carbocycles. The largest absolute Gasteiger partial charge is 0.465 e. The molecule has 1 aliphatic rings. The molecule has 11 nitrogen and oxygen atoms in total. The lowest BCUT2D eigenvalue weighted by molar-refractivity contribution is 0.1000. The number of benzene rings is 2. The number of nitrogens with zero attached hydrogens (tertiary/aromatic N) is 5. The van der Waals surface area contributed by atoms with Gasteiger partial charge in [0.05, 0.1) is 27.7 Å². The average molecular weight is 495 g/mol. The van der Waals surface area contributed by atoms with Crippen LogP contribution < -0.4 is 11.1 Å². The van der Waals surface area contributed by atoms with Gasteiger partial charge >= 0.3 is 6.09 Å². The van der Waals surface area contributed by atoms with Crippen molar-refractivity contribution in [3.8, 4) is 5.69 Å². The van der Waals surface area contributed by atoms with Crippen LogP contribution in [0, 0.1) is 0 Å². The zero-order valence-corrected chi connectivity index (χ0v) is 19.5. The number of imidazole rings is 1. The Morgan fingerprint density at radius 3 is 2.73 bits per heavy atom. The Labute approximate surface area is 210 Å². The molecular weight excluding hydrogens is 472 g/mol. The standard InChI is InChI=1S/C26H22N8O3/c27-23(35)17-3-1-2-4-21(17)34-14-30-19-6-5-16(11-22(19)34)31-24-18-12-20(32-25(18)29-13-28-24)15-7-9-33(10-8-15)26(36)37/h1-7,11-14H,8-10H2,(H2,27,35)(H,36,37)(H2,28,29,31,32). The minimum atomic E-state index is -0.916. The van der Waals surface area contributed by atoms with Gasteiger partial charge in [0.1, 0.15) is 24.1 Å². The van der Waals surface area contributed by atoms with Crippen molar-refractivity contribution in [2.24, 2.45) is 5.73 Å². The third-order valence-corrected chi connectivity index (χ3v) is 6.49. The molecule has 0 spiro atoms. The van der Waals surface area contributed by atoms with Crippen LogP contribution in [0.3, 0.4) is 0 Å². The summed E-state index contributed by atoms with van der Waals surface area (Å²) < 4.78 is 1.83. The number of fused-ring (bicyclic) bond motifs is 2. The van der Waals surface area contributed by atoms with Crippen LogP contribution in [0.5, 0.6) is 0 Å². The normalized spacial score (nSPS) is 13.6. The number of nitrogens with two attached hydrogens (primary N) is 1. The number of nitrogens with one attached hydrogen (secondary N) is 2. The predicted octanol–water partition coefficient (Wildman–Crippen LogP) is 3.91. The summed E-state index contributed by atoms with van der Waals surface area (Å²) in [7, 11) is 0. The van der Waals surface area contributed by atoms with Crippen LogP contribution in [0.15, 0.2) is 67.3 Å². The first-order chi connectivity index (χ1) is 18.0. The number of aromatic nitrogens is 5. The molecule has 0 radical (unpaired) electrons. The molecule has 0 bridgehead atoms. The van der Waals surface area contributed by atoms with E-state index in [9.17, 15) is 14.7 Å². The molecule has 0 atom stereocenters. The van der Waals surface area contributed by atoms with Gasteiger partial charge in [-0.1, -0.05) is 18.2 Å². The number of primary amides is 1. The van der Waals surface area contributed by atoms with Crippen molar-refractivity contribution in [1.29, 1.82) is 0 Å². The Balaban J connectivity index is 1.34. The van der Waals surface area contributed by atoms with E-state index in [1.54, 1.807) is 18.5 Å². The van der Waals surface area contributed by atoms with Crippen molar-refractivity contribution in [3.05, 3.63) is 78.5 Å². The molecular formula is C26H22N8O3. The molecule has 5 aromatic rings. The van der Waals surface area contributed by atoms with Gasteiger partial charge < -0.3 is 26.0 Å². The summed E-state index contributed by atoms with van der Waals surface area (Å²) in [6, 6.07) is 14.8. The maximum absolute atomic E-state index is 12.0. The van der Waals surface area contributed by atoms with Crippen molar-refractivity contribution in [2.75, 3.05) is 18.4 Å². The minimum Gasteiger partial charge on any atom is -0.465 e. The van der Waals surface area contributed by atoms with Crippen LogP contribution in [0.2, 0.25) is 0 Å². The molecule has 0 fully saturated rings. The van der Waals surface area contributed by atoms with Crippen LogP contribution in [-0.2, 0) is 0 Å². The van der Waals surface area contributed by atoms with Gasteiger partial charge in [0, 0.05) is 24.5 Å². The van der Waals surface area contributed by atoms with Crippen LogP contribution in [0.4, 0.5) is 16.3 Å². The Hall–Kier alpha value is -5.19. The van der Waals surface area contributed by atoms with Gasteiger partial charge in [-0.2, -0.15) is 0 Å². The second kappa shape index (κ2) is 8.79. The van der Waals surface area contributed by atoms with Crippen molar-refractivity contribution in [1.82, 2.24) is 29.4 Å². The number of aromatic amines is 1. The Kier molecular flexibility index (Phi) is 5.29. The van der Waals surface area contributed by atoms with E-state index in [1.165, 1.54) is 11.2 Å². The first-order valence-electron chi connectivity index (χ1n) is 11.6. The fourth-order valence-corrected chi connectivity index (χ4v) is 4.61. The van der Waals surface area contributed by atoms with Gasteiger partial charge in [0.2, 0.25) is 0 Å². The molecule has 5 N–H and O–H groups in total. The highest BCUT2D eigenvalue weighted by molar-refractivity contribution is 5.98. The highest BCUT2D eigenvalue weighted by atomic mass is 16.4. The fourth-order valence-electron chi connectivity index (χ4n) is 4.61. The van der Waals surface area contributed by atoms with Crippen LogP contribution >= 0.6 is 0 Å². The van der Waals surface area contributed by atoms with Gasteiger partial charge in [0.15, 0.2) is 0 Å². The number of amides is 2. The zero-order valence-electron chi connectivity index (χ0n) is 19.5. The Morgan fingerprint density at radius 2 is 1.95 bits per heavy atom. The second-order valence-electron chi connectivity index (χ2n) is 8.70. The van der Waals surface area contributed by atoms with E-state index in [1.807, 2.05) is 47.0 Å². The Bertz CT molecular complexity index is 1720. The molecule has 0 aliphatic carbocycles. The van der Waals surface area contributed by atoms with Crippen molar-refractivity contribution in [2.45, 2.75) is 6.42 Å². The molecule has 2 amide bonds. The molecule has 6 rings (SSSR count). The average Bonchev–Trinajstić information content (AvgIpc) is 3.53. The lowest BCUT2D eigenvalue weighted by Gasteiger charge is -2.23. The van der Waals surface area contributed by atoms with E-state index in [4.69, 9.17) is 5.73 Å². The summed E-state index contributed by atoms with van der Waals surface area (Å²) in [5.41, 5.74) is 11.6. The van der Waals surface area contributed by atoms with Gasteiger partial charge in [-0.3, -0.25) is 9.36 Å². The molecule has 0 unspecified atom stereocenters. The molecule has 1 aliphatic heterocycles. The quantitative estimate of drug-likeness (QED) is 0.289. The van der Waals surface area contributed by atoms with E-state index in [2.05, 4.69) is 25.3 Å². The number of carbonyl (C=O) groups is 2. The summed E-state index contributed by atoms with van der Waals surface area (Å²) in [6.45, 7) is 0.795. The summed E-state index contributed by atoms with van der Waals surface area (Å²) in [4.78, 5) is 41.2. The monoisotopic (exact) mass is 494 g/mol. The maximum atomic E-state index is 12.0. The summed E-state index contributed by atoms with van der Waals surface area (Å²) in [5.74, 6) is 0.112. The summed E-state index contributed by atoms with van der Waals surface area (Å²) in [5, 5.41) is 13.4. The van der Waals surface area contributed by atoms with E-state index >= 15 is 0 Å². The number of anilines is 2. The van der Waals surface area contributed by atoms with E-state index in [0.717, 1.165) is 33.4 Å². The first-order valence-corrected chi connectivity index (χ1v) is 11.6. The lowest BCUT2D eigenvalue weighted by Crippen LogP contribution is -2.33. The van der Waals surface area contributed by atoms with Crippen molar-refractivity contribution >= 4 is 51.1 Å². The van der Waals surface area contributed by atoms with Crippen LogP contribution in [0.1, 0.15) is 22.5 Å². The van der Waals surface area contributed by atoms with Crippen LogP contribution in [0.25, 0.3) is 33.3 Å². The summed E-state index contributed by atoms with van der Waals surface area (Å²) >= 11 is 0. The van der Waals surface area contributed by atoms with E-state index in [0.29, 0.717) is 42.2 Å². The van der Waals surface area contributed by atoms with Gasteiger partial charge in [0.25, 0.3) is 5.91 Å². The topological polar surface area (TPSA) is 155 Å². The third kappa shape index (κ3) is 4.01. The highest BCUT2D eigenvalue weighted by Gasteiger charge is 2.19. The zero-order chi connectivity index (χ0) is 25.5. The van der Waals surface area contributed by atoms with Crippen LogP contribution in [-0.4, -0.2) is 59.6 Å². The SMILES string of the molecule is NC(=O)c1ccccc1-n1cnc2ccc(Nc3ncnc4[nH]c(C5=CCN(C(=O)O)CC5)cc34)cc21. The smallest absolute Gasteiger partial charge is 0.407 e. The number of para-hydroxylation sites is 1. The number of H-pyrrole nitrogens is 1. The number of carbonyl (C=O) groups excluding carboxylic acids is 1. The van der Waals surface area contributed by atoms with Crippen molar-refractivity contribution < 1.29 is 14.7 Å². The van der Waals surface area contributed by atoms with Crippen molar-refractivity contribution in [3.63, 3.8) is 0 Å². The molecule has 11 heteroatoms. The maximum Gasteiger partial charge on any atom is 0.407 e. The predicted molar refractivity (Wildman–Crippen MR) is 139 cm³/mol. The fraction of sp³-hybridized carbons (Fsp3) is 0.115. The molecule has 3 aromatic heterocycles. The van der Waals surface area contributed by atoms with Gasteiger partial charge in [-0.15, -0.1) is 0 Å². The third-order valence-electron chi connectivity index (χ3n) is 6.49. The second-order valence-corrected chi connectivity index (χ2v) is 8.70. The highest BCUT2D eigenvalue weighted by Crippen LogP contribution is 2.30. The molecule has 184 valence electrons. The first kappa shape index (κ1) is 22.3. The number of hydrogen-bond acceptors (Lipinski definition) is 6. The molecule has 2 aromatic carbocycles. The number of rotatable bonds is 5. The Morgan fingerprint density at radius 1 is 1.08 bits per heavy atom.